The van der Waals surface area contributed by atoms with Gasteiger partial charge in [-0.25, -0.2) is 4.39 Å². The van der Waals surface area contributed by atoms with Crippen LogP contribution in [0.4, 0.5) is 10.1 Å². The van der Waals surface area contributed by atoms with Gasteiger partial charge in [-0.2, -0.15) is 0 Å². The standard InChI is InChI=1S/C31H33ClFN3O4/c1-17-5-3-8-23(18(17)2)35-29(38)27-31-14-13-24(40-31)25(28(37)34-22-7-4-6-20(32)15-22)26(31)30(39)36(27)16-19-9-11-21(33)12-10-19/h4,6-7,9-15,17-18,23-27H,3,5,8,16H2,1-2H3,(H,34,37)(H,35,38)/t17-,18-,23+,24-,25+,26-,27+,31+/m1/s1. The van der Waals surface area contributed by atoms with Crippen molar-refractivity contribution in [2.24, 2.45) is 23.7 Å². The Balaban J connectivity index is 1.33. The molecule has 2 aromatic carbocycles. The molecule has 6 rings (SSSR count). The highest BCUT2D eigenvalue weighted by Crippen LogP contribution is 2.55. The van der Waals surface area contributed by atoms with E-state index >= 15 is 0 Å². The highest BCUT2D eigenvalue weighted by molar-refractivity contribution is 6.30. The molecule has 3 amide bonds. The molecule has 2 N–H and O–H groups in total. The molecule has 1 saturated carbocycles. The molecule has 3 heterocycles. The van der Waals surface area contributed by atoms with Gasteiger partial charge >= 0.3 is 0 Å². The number of amides is 3. The Morgan fingerprint density at radius 1 is 1.12 bits per heavy atom. The van der Waals surface area contributed by atoms with Gasteiger partial charge < -0.3 is 20.3 Å². The lowest BCUT2D eigenvalue weighted by atomic mass is 9.73. The Morgan fingerprint density at radius 3 is 2.65 bits per heavy atom. The average molecular weight is 566 g/mol. The molecular formula is C31H33ClFN3O4. The van der Waals surface area contributed by atoms with Crippen molar-refractivity contribution in [1.82, 2.24) is 10.2 Å². The van der Waals surface area contributed by atoms with E-state index < -0.39 is 29.6 Å². The molecule has 0 radical (unpaired) electrons. The van der Waals surface area contributed by atoms with Gasteiger partial charge in [-0.3, -0.25) is 14.4 Å². The third kappa shape index (κ3) is 4.51. The third-order valence-corrected chi connectivity index (χ3v) is 9.55. The first-order chi connectivity index (χ1) is 19.2. The lowest BCUT2D eigenvalue weighted by Crippen LogP contribution is -2.57. The third-order valence-electron chi connectivity index (χ3n) is 9.32. The number of hydrogen-bond acceptors (Lipinski definition) is 4. The Labute approximate surface area is 238 Å². The molecule has 2 bridgehead atoms. The van der Waals surface area contributed by atoms with Crippen LogP contribution in [0, 0.1) is 29.5 Å². The van der Waals surface area contributed by atoms with Gasteiger partial charge in [0.1, 0.15) is 17.5 Å². The molecular weight excluding hydrogens is 533 g/mol. The first kappa shape index (κ1) is 27.0. The molecule has 7 nitrogen and oxygen atoms in total. The SMILES string of the molecule is C[C@@H]1[C@H](C)CCC[C@@H]1NC(=O)[C@@H]1N(Cc2ccc(F)cc2)C(=O)[C@H]2[C@@H](C(=O)Nc3cccc(Cl)c3)[C@H]3C=C[C@@]12O3. The second kappa shape index (κ2) is 10.3. The Hall–Kier alpha value is -3.23. The van der Waals surface area contributed by atoms with Crippen molar-refractivity contribution in [1.29, 1.82) is 0 Å². The van der Waals surface area contributed by atoms with Crippen LogP contribution >= 0.6 is 11.6 Å². The Morgan fingerprint density at radius 2 is 1.90 bits per heavy atom. The van der Waals surface area contributed by atoms with Gasteiger partial charge in [-0.15, -0.1) is 0 Å². The van der Waals surface area contributed by atoms with Crippen LogP contribution in [-0.4, -0.2) is 46.4 Å². The highest BCUT2D eigenvalue weighted by atomic mass is 35.5. The van der Waals surface area contributed by atoms with E-state index in [0.717, 1.165) is 19.3 Å². The second-order valence-electron chi connectivity index (χ2n) is 11.7. The Bertz CT molecular complexity index is 1370. The predicted octanol–water partition coefficient (Wildman–Crippen LogP) is 4.71. The van der Waals surface area contributed by atoms with Crippen LogP contribution in [0.3, 0.4) is 0 Å². The summed E-state index contributed by atoms with van der Waals surface area (Å²) in [6.45, 7) is 4.45. The van der Waals surface area contributed by atoms with E-state index in [2.05, 4.69) is 24.5 Å². The van der Waals surface area contributed by atoms with Crippen LogP contribution in [0.2, 0.25) is 5.02 Å². The highest BCUT2D eigenvalue weighted by Gasteiger charge is 2.72. The largest absolute Gasteiger partial charge is 0.359 e. The molecule has 3 fully saturated rings. The van der Waals surface area contributed by atoms with Crippen molar-refractivity contribution < 1.29 is 23.5 Å². The molecule has 0 unspecified atom stereocenters. The zero-order valence-electron chi connectivity index (χ0n) is 22.5. The smallest absolute Gasteiger partial charge is 0.246 e. The Kier molecular flexibility index (Phi) is 6.95. The quantitative estimate of drug-likeness (QED) is 0.497. The number of halogens is 2. The number of carbonyl (C=O) groups is 3. The van der Waals surface area contributed by atoms with Crippen LogP contribution < -0.4 is 10.6 Å². The van der Waals surface area contributed by atoms with E-state index in [1.807, 2.05) is 0 Å². The summed E-state index contributed by atoms with van der Waals surface area (Å²) >= 11 is 6.11. The molecule has 2 saturated heterocycles. The maximum Gasteiger partial charge on any atom is 0.246 e. The first-order valence-corrected chi connectivity index (χ1v) is 14.3. The number of ether oxygens (including phenoxy) is 1. The normalized spacial score (nSPS) is 34.1. The fourth-order valence-electron chi connectivity index (χ4n) is 7.06. The van der Waals surface area contributed by atoms with Crippen LogP contribution in [0.15, 0.2) is 60.7 Å². The van der Waals surface area contributed by atoms with Crippen LogP contribution in [-0.2, 0) is 25.7 Å². The number of rotatable bonds is 6. The maximum absolute atomic E-state index is 14.1. The lowest BCUT2D eigenvalue weighted by Gasteiger charge is -2.38. The summed E-state index contributed by atoms with van der Waals surface area (Å²) in [5.74, 6) is -2.29. The zero-order chi connectivity index (χ0) is 28.2. The van der Waals surface area contributed by atoms with Crippen molar-refractivity contribution in [2.45, 2.75) is 63.4 Å². The van der Waals surface area contributed by atoms with Crippen LogP contribution in [0.1, 0.15) is 38.7 Å². The number of nitrogens with zero attached hydrogens (tertiary/aromatic N) is 1. The molecule has 40 heavy (non-hydrogen) atoms. The van der Waals surface area contributed by atoms with E-state index in [4.69, 9.17) is 16.3 Å². The lowest BCUT2D eigenvalue weighted by molar-refractivity contribution is -0.142. The van der Waals surface area contributed by atoms with E-state index in [9.17, 15) is 18.8 Å². The summed E-state index contributed by atoms with van der Waals surface area (Å²) in [5, 5.41) is 6.60. The number of anilines is 1. The van der Waals surface area contributed by atoms with E-state index in [-0.39, 0.29) is 36.1 Å². The molecule has 210 valence electrons. The maximum atomic E-state index is 14.1. The van der Waals surface area contributed by atoms with Crippen molar-refractivity contribution in [2.75, 3.05) is 5.32 Å². The van der Waals surface area contributed by atoms with Gasteiger partial charge in [0.15, 0.2) is 0 Å². The number of carbonyl (C=O) groups excluding carboxylic acids is 3. The minimum atomic E-state index is -1.27. The van der Waals surface area contributed by atoms with Gasteiger partial charge in [0.2, 0.25) is 17.7 Å². The van der Waals surface area contributed by atoms with Gasteiger partial charge in [0, 0.05) is 23.3 Å². The average Bonchev–Trinajstić information content (AvgIpc) is 3.55. The summed E-state index contributed by atoms with van der Waals surface area (Å²) in [7, 11) is 0. The van der Waals surface area contributed by atoms with Crippen molar-refractivity contribution in [3.8, 4) is 0 Å². The van der Waals surface area contributed by atoms with Gasteiger partial charge in [-0.05, 0) is 54.2 Å². The summed E-state index contributed by atoms with van der Waals surface area (Å²) in [6, 6.07) is 11.7. The number of hydrogen-bond donors (Lipinski definition) is 2. The number of benzene rings is 2. The summed E-state index contributed by atoms with van der Waals surface area (Å²) in [4.78, 5) is 43.4. The van der Waals surface area contributed by atoms with E-state index in [1.54, 1.807) is 48.6 Å². The first-order valence-electron chi connectivity index (χ1n) is 14.0. The predicted molar refractivity (Wildman–Crippen MR) is 149 cm³/mol. The van der Waals surface area contributed by atoms with E-state index in [1.165, 1.54) is 17.0 Å². The fourth-order valence-corrected chi connectivity index (χ4v) is 7.25. The van der Waals surface area contributed by atoms with Crippen molar-refractivity contribution in [3.05, 3.63) is 77.1 Å². The van der Waals surface area contributed by atoms with Crippen molar-refractivity contribution in [3.63, 3.8) is 0 Å². The van der Waals surface area contributed by atoms with Crippen LogP contribution in [0.25, 0.3) is 0 Å². The summed E-state index contributed by atoms with van der Waals surface area (Å²) in [6.07, 6.45) is 5.97. The number of nitrogens with one attached hydrogen (secondary N) is 2. The van der Waals surface area contributed by atoms with Gasteiger partial charge in [0.05, 0.1) is 17.9 Å². The van der Waals surface area contributed by atoms with Crippen LogP contribution in [0.5, 0.6) is 0 Å². The van der Waals surface area contributed by atoms with E-state index in [0.29, 0.717) is 28.1 Å². The molecule has 2 aromatic rings. The molecule has 1 spiro atoms. The molecule has 4 aliphatic rings. The molecule has 3 aliphatic heterocycles. The number of fused-ring (bicyclic) bond motifs is 1. The molecule has 9 heteroatoms. The van der Waals surface area contributed by atoms with Gasteiger partial charge in [0.25, 0.3) is 0 Å². The monoisotopic (exact) mass is 565 g/mol. The minimum Gasteiger partial charge on any atom is -0.359 e. The topological polar surface area (TPSA) is 87.7 Å². The molecule has 0 aromatic heterocycles. The molecule has 1 aliphatic carbocycles. The fraction of sp³-hybridized carbons (Fsp3) is 0.452. The number of likely N-dealkylation sites (tertiary alicyclic amines) is 1. The molecule has 8 atom stereocenters. The summed E-state index contributed by atoms with van der Waals surface area (Å²) < 4.78 is 20.1. The zero-order valence-corrected chi connectivity index (χ0v) is 23.2. The summed E-state index contributed by atoms with van der Waals surface area (Å²) in [5.41, 5.74) is -0.0743. The second-order valence-corrected chi connectivity index (χ2v) is 12.1. The minimum absolute atomic E-state index is 0.0148. The van der Waals surface area contributed by atoms with Gasteiger partial charge in [-0.1, -0.05) is 68.6 Å². The van der Waals surface area contributed by atoms with Crippen molar-refractivity contribution >= 4 is 35.0 Å².